The highest BCUT2D eigenvalue weighted by molar-refractivity contribution is 9.10. The van der Waals surface area contributed by atoms with Gasteiger partial charge in [0.15, 0.2) is 5.82 Å². The maximum absolute atomic E-state index is 12.1. The predicted molar refractivity (Wildman–Crippen MR) is 76.8 cm³/mol. The van der Waals surface area contributed by atoms with Crippen LogP contribution in [0.1, 0.15) is 17.9 Å². The van der Waals surface area contributed by atoms with Crippen LogP contribution in [0.25, 0.3) is 0 Å². The first-order chi connectivity index (χ1) is 9.13. The van der Waals surface area contributed by atoms with Gasteiger partial charge in [-0.05, 0) is 30.0 Å². The average molecular weight is 320 g/mol. The number of nitrogens with one attached hydrogen (secondary N) is 1. The number of nitrogens with zero attached hydrogens (tertiary/aromatic N) is 2. The number of carbonyl (C=O) groups excluding carboxylic acids is 1. The highest BCUT2D eigenvalue weighted by atomic mass is 79.9. The predicted octanol–water partition coefficient (Wildman–Crippen LogP) is 2.92. The Bertz CT molecular complexity index is 605. The van der Waals surface area contributed by atoms with Crippen molar-refractivity contribution in [3.63, 3.8) is 0 Å². The summed E-state index contributed by atoms with van der Waals surface area (Å²) in [5.41, 5.74) is 1.23. The maximum Gasteiger partial charge on any atom is 0.229 e. The van der Waals surface area contributed by atoms with Crippen molar-refractivity contribution in [2.75, 3.05) is 5.32 Å². The molecule has 1 aromatic carbocycles. The van der Waals surface area contributed by atoms with Gasteiger partial charge in [0.2, 0.25) is 5.91 Å². The van der Waals surface area contributed by atoms with Gasteiger partial charge in [-0.2, -0.15) is 5.10 Å². The fourth-order valence-corrected chi connectivity index (χ4v) is 2.53. The third-order valence-corrected chi connectivity index (χ3v) is 3.92. The summed E-state index contributed by atoms with van der Waals surface area (Å²) < 4.78 is 2.74. The molecule has 19 heavy (non-hydrogen) atoms. The Balaban J connectivity index is 1.63. The molecule has 1 amide bonds. The lowest BCUT2D eigenvalue weighted by atomic mass is 10.1. The van der Waals surface area contributed by atoms with Gasteiger partial charge in [0.25, 0.3) is 0 Å². The van der Waals surface area contributed by atoms with E-state index < -0.39 is 0 Å². The number of anilines is 1. The smallest absolute Gasteiger partial charge is 0.229 e. The van der Waals surface area contributed by atoms with E-state index in [1.165, 1.54) is 5.56 Å². The summed E-state index contributed by atoms with van der Waals surface area (Å²) in [4.78, 5) is 12.1. The fourth-order valence-electron chi connectivity index (χ4n) is 2.26. The van der Waals surface area contributed by atoms with E-state index in [0.717, 1.165) is 10.9 Å². The third-order valence-electron chi connectivity index (χ3n) is 3.39. The van der Waals surface area contributed by atoms with Crippen LogP contribution in [0.4, 0.5) is 5.82 Å². The molecule has 3 rings (SSSR count). The van der Waals surface area contributed by atoms with Crippen molar-refractivity contribution in [1.82, 2.24) is 9.78 Å². The molecule has 0 bridgehead atoms. The minimum absolute atomic E-state index is 0.0617. The number of rotatable bonds is 3. The Morgan fingerprint density at radius 1 is 1.37 bits per heavy atom. The van der Waals surface area contributed by atoms with Crippen molar-refractivity contribution in [2.24, 2.45) is 13.0 Å². The van der Waals surface area contributed by atoms with Crippen LogP contribution in [-0.4, -0.2) is 15.7 Å². The molecule has 0 aliphatic heterocycles. The number of amides is 1. The second-order valence-corrected chi connectivity index (χ2v) is 5.78. The molecule has 0 spiro atoms. The monoisotopic (exact) mass is 319 g/mol. The average Bonchev–Trinajstić information content (AvgIpc) is 3.08. The summed E-state index contributed by atoms with van der Waals surface area (Å²) in [5, 5.41) is 7.00. The van der Waals surface area contributed by atoms with Crippen LogP contribution in [0, 0.1) is 5.92 Å². The summed E-state index contributed by atoms with van der Waals surface area (Å²) >= 11 is 3.42. The molecule has 1 N–H and O–H groups in total. The quantitative estimate of drug-likeness (QED) is 0.945. The minimum atomic E-state index is 0.0617. The Hall–Kier alpha value is -1.62. The largest absolute Gasteiger partial charge is 0.309 e. The number of benzene rings is 1. The summed E-state index contributed by atoms with van der Waals surface area (Å²) in [5.74, 6) is 1.10. The Kier molecular flexibility index (Phi) is 3.14. The van der Waals surface area contributed by atoms with Crippen LogP contribution >= 0.6 is 15.9 Å². The fraction of sp³-hybridized carbons (Fsp3) is 0.286. The molecule has 0 radical (unpaired) electrons. The number of hydrogen-bond donors (Lipinski definition) is 1. The number of hydrogen-bond acceptors (Lipinski definition) is 2. The van der Waals surface area contributed by atoms with Crippen LogP contribution in [0.2, 0.25) is 0 Å². The van der Waals surface area contributed by atoms with E-state index in [1.807, 2.05) is 25.4 Å². The van der Waals surface area contributed by atoms with Gasteiger partial charge < -0.3 is 5.32 Å². The molecule has 4 nitrogen and oxygen atoms in total. The highest BCUT2D eigenvalue weighted by Crippen LogP contribution is 2.48. The maximum atomic E-state index is 12.1. The highest BCUT2D eigenvalue weighted by Gasteiger charge is 2.44. The van der Waals surface area contributed by atoms with E-state index in [2.05, 4.69) is 38.5 Å². The van der Waals surface area contributed by atoms with Crippen molar-refractivity contribution in [2.45, 2.75) is 12.3 Å². The molecule has 1 aliphatic carbocycles. The van der Waals surface area contributed by atoms with Crippen LogP contribution in [-0.2, 0) is 11.8 Å². The summed E-state index contributed by atoms with van der Waals surface area (Å²) in [6.07, 6.45) is 2.73. The van der Waals surface area contributed by atoms with Gasteiger partial charge in [-0.3, -0.25) is 9.48 Å². The SMILES string of the molecule is Cn1ccc(NC(=O)C2CC2c2ccc(Br)cc2)n1. The van der Waals surface area contributed by atoms with E-state index in [4.69, 9.17) is 0 Å². The number of aryl methyl sites for hydroxylation is 1. The molecule has 98 valence electrons. The first kappa shape index (κ1) is 12.4. The molecule has 2 aromatic rings. The number of aromatic nitrogens is 2. The van der Waals surface area contributed by atoms with Crippen LogP contribution < -0.4 is 5.32 Å². The van der Waals surface area contributed by atoms with E-state index in [0.29, 0.717) is 11.7 Å². The van der Waals surface area contributed by atoms with Gasteiger partial charge in [0.05, 0.1) is 0 Å². The van der Waals surface area contributed by atoms with Crippen molar-refractivity contribution < 1.29 is 4.79 Å². The summed E-state index contributed by atoms with van der Waals surface area (Å²) in [6, 6.07) is 9.98. The standard InChI is InChI=1S/C14H14BrN3O/c1-18-7-6-13(17-18)16-14(19)12-8-11(12)9-2-4-10(15)5-3-9/h2-7,11-12H,8H2,1H3,(H,16,17,19). The molecular weight excluding hydrogens is 306 g/mol. The third kappa shape index (κ3) is 2.71. The Labute approximate surface area is 119 Å². The molecule has 5 heteroatoms. The van der Waals surface area contributed by atoms with E-state index in [9.17, 15) is 4.79 Å². The molecular formula is C14H14BrN3O. The number of carbonyl (C=O) groups is 1. The Morgan fingerprint density at radius 2 is 2.11 bits per heavy atom. The first-order valence-electron chi connectivity index (χ1n) is 6.19. The van der Waals surface area contributed by atoms with Gasteiger partial charge >= 0.3 is 0 Å². The van der Waals surface area contributed by atoms with Crippen LogP contribution in [0.3, 0.4) is 0 Å². The molecule has 1 heterocycles. The molecule has 0 saturated heterocycles. The van der Waals surface area contributed by atoms with E-state index in [-0.39, 0.29) is 11.8 Å². The Morgan fingerprint density at radius 3 is 2.74 bits per heavy atom. The molecule has 1 aromatic heterocycles. The summed E-state index contributed by atoms with van der Waals surface area (Å²) in [7, 11) is 1.83. The summed E-state index contributed by atoms with van der Waals surface area (Å²) in [6.45, 7) is 0. The lowest BCUT2D eigenvalue weighted by molar-refractivity contribution is -0.117. The van der Waals surface area contributed by atoms with Gasteiger partial charge in [0, 0.05) is 29.7 Å². The van der Waals surface area contributed by atoms with Gasteiger partial charge in [-0.1, -0.05) is 28.1 Å². The molecule has 1 fully saturated rings. The molecule has 1 saturated carbocycles. The van der Waals surface area contributed by atoms with E-state index >= 15 is 0 Å². The zero-order valence-electron chi connectivity index (χ0n) is 10.5. The van der Waals surface area contributed by atoms with Crippen LogP contribution in [0.5, 0.6) is 0 Å². The van der Waals surface area contributed by atoms with Crippen LogP contribution in [0.15, 0.2) is 41.0 Å². The van der Waals surface area contributed by atoms with E-state index in [1.54, 1.807) is 10.7 Å². The van der Waals surface area contributed by atoms with Crippen molar-refractivity contribution in [3.8, 4) is 0 Å². The van der Waals surface area contributed by atoms with Gasteiger partial charge in [-0.15, -0.1) is 0 Å². The van der Waals surface area contributed by atoms with Gasteiger partial charge in [0.1, 0.15) is 0 Å². The van der Waals surface area contributed by atoms with Gasteiger partial charge in [-0.25, -0.2) is 0 Å². The minimum Gasteiger partial charge on any atom is -0.309 e. The van der Waals surface area contributed by atoms with Crippen molar-refractivity contribution in [1.29, 1.82) is 0 Å². The second kappa shape index (κ2) is 4.81. The van der Waals surface area contributed by atoms with Crippen molar-refractivity contribution in [3.05, 3.63) is 46.6 Å². The molecule has 2 unspecified atom stereocenters. The lowest BCUT2D eigenvalue weighted by Crippen LogP contribution is -2.15. The lowest BCUT2D eigenvalue weighted by Gasteiger charge is -2.02. The second-order valence-electron chi connectivity index (χ2n) is 4.86. The molecule has 1 aliphatic rings. The zero-order chi connectivity index (χ0) is 13.4. The number of halogens is 1. The van der Waals surface area contributed by atoms with Crippen molar-refractivity contribution >= 4 is 27.7 Å². The topological polar surface area (TPSA) is 46.9 Å². The molecule has 2 atom stereocenters. The normalized spacial score (nSPS) is 21.2. The first-order valence-corrected chi connectivity index (χ1v) is 6.99. The zero-order valence-corrected chi connectivity index (χ0v) is 12.1.